The first-order chi connectivity index (χ1) is 10.4. The lowest BCUT2D eigenvalue weighted by Gasteiger charge is -2.23. The number of aliphatic hydroxyl groups excluding tert-OH is 2. The molecule has 0 saturated carbocycles. The lowest BCUT2D eigenvalue weighted by Crippen LogP contribution is -2.31. The molecule has 0 aliphatic heterocycles. The molecular formula is C16H14O6. The summed E-state index contributed by atoms with van der Waals surface area (Å²) in [6, 6.07) is 2.72. The van der Waals surface area contributed by atoms with Gasteiger partial charge in [0.05, 0.1) is 24.2 Å². The second-order valence-corrected chi connectivity index (χ2v) is 5.29. The van der Waals surface area contributed by atoms with E-state index in [1.807, 2.05) is 0 Å². The van der Waals surface area contributed by atoms with E-state index in [2.05, 4.69) is 0 Å². The molecule has 0 amide bonds. The lowest BCUT2D eigenvalue weighted by atomic mass is 9.84. The first-order valence-electron chi connectivity index (χ1n) is 6.74. The third kappa shape index (κ3) is 2.04. The number of ketones is 1. The minimum atomic E-state index is -1.11. The Morgan fingerprint density at radius 3 is 2.73 bits per heavy atom. The van der Waals surface area contributed by atoms with Gasteiger partial charge in [-0.1, -0.05) is 6.08 Å². The Hall–Kier alpha value is -2.44. The number of phenols is 1. The van der Waals surface area contributed by atoms with Gasteiger partial charge in [0.15, 0.2) is 0 Å². The average Bonchev–Trinajstić information content (AvgIpc) is 2.46. The van der Waals surface area contributed by atoms with Gasteiger partial charge < -0.3 is 19.7 Å². The van der Waals surface area contributed by atoms with Crippen molar-refractivity contribution in [2.24, 2.45) is 0 Å². The maximum Gasteiger partial charge on any atom is 0.201 e. The van der Waals surface area contributed by atoms with Crippen LogP contribution in [0.2, 0.25) is 0 Å². The van der Waals surface area contributed by atoms with Crippen molar-refractivity contribution < 1.29 is 24.5 Å². The van der Waals surface area contributed by atoms with Gasteiger partial charge in [-0.05, 0) is 30.7 Å². The number of aliphatic hydroxyl groups is 2. The summed E-state index contributed by atoms with van der Waals surface area (Å²) in [4.78, 5) is 24.4. The van der Waals surface area contributed by atoms with Crippen LogP contribution in [0.25, 0.3) is 17.0 Å². The largest absolute Gasteiger partial charge is 0.507 e. The Bertz CT molecular complexity index is 861. The van der Waals surface area contributed by atoms with Gasteiger partial charge in [0.2, 0.25) is 5.43 Å². The van der Waals surface area contributed by atoms with E-state index in [0.717, 1.165) is 0 Å². The van der Waals surface area contributed by atoms with E-state index >= 15 is 0 Å². The maximum absolute atomic E-state index is 12.7. The zero-order chi connectivity index (χ0) is 16.0. The van der Waals surface area contributed by atoms with Crippen molar-refractivity contribution in [3.63, 3.8) is 0 Å². The van der Waals surface area contributed by atoms with Crippen molar-refractivity contribution in [1.82, 2.24) is 0 Å². The molecule has 114 valence electrons. The summed E-state index contributed by atoms with van der Waals surface area (Å²) in [5, 5.41) is 29.1. The van der Waals surface area contributed by atoms with Crippen LogP contribution >= 0.6 is 0 Å². The zero-order valence-corrected chi connectivity index (χ0v) is 11.7. The van der Waals surface area contributed by atoms with Crippen LogP contribution in [0.3, 0.4) is 0 Å². The quantitative estimate of drug-likeness (QED) is 0.765. The van der Waals surface area contributed by atoms with Crippen LogP contribution in [0, 0.1) is 0 Å². The molecule has 2 aromatic rings. The summed E-state index contributed by atoms with van der Waals surface area (Å²) < 4.78 is 5.60. The highest BCUT2D eigenvalue weighted by Crippen LogP contribution is 2.33. The Kier molecular flexibility index (Phi) is 3.35. The number of benzene rings is 1. The van der Waals surface area contributed by atoms with E-state index in [1.54, 1.807) is 0 Å². The number of Topliss-reactive ketones (excluding diaryl/α,β-unsaturated/α-hetero) is 1. The first-order valence-corrected chi connectivity index (χ1v) is 6.74. The molecule has 1 aliphatic rings. The second-order valence-electron chi connectivity index (χ2n) is 5.29. The Balaban J connectivity index is 2.41. The van der Waals surface area contributed by atoms with Gasteiger partial charge in [0, 0.05) is 0 Å². The number of phenolic OH excluding ortho intramolecular Hbond substituents is 1. The van der Waals surface area contributed by atoms with Crippen molar-refractivity contribution in [2.45, 2.75) is 25.6 Å². The highest BCUT2D eigenvalue weighted by molar-refractivity contribution is 5.90. The number of aromatic hydroxyl groups is 1. The summed E-state index contributed by atoms with van der Waals surface area (Å²) in [7, 11) is 0. The third-order valence-corrected chi connectivity index (χ3v) is 3.82. The molecule has 3 rings (SSSR count). The molecular weight excluding hydrogens is 288 g/mol. The van der Waals surface area contributed by atoms with E-state index in [1.165, 1.54) is 31.2 Å². The van der Waals surface area contributed by atoms with Crippen molar-refractivity contribution >= 4 is 22.8 Å². The average molecular weight is 302 g/mol. The molecule has 1 aliphatic carbocycles. The topological polar surface area (TPSA) is 108 Å². The highest BCUT2D eigenvalue weighted by atomic mass is 16.3. The number of carbonyl (C=O) groups is 1. The van der Waals surface area contributed by atoms with Crippen LogP contribution in [-0.2, 0) is 11.4 Å². The molecule has 2 unspecified atom stereocenters. The number of rotatable bonds is 2. The number of carbonyl (C=O) groups excluding carboxylic acids is 1. The van der Waals surface area contributed by atoms with Gasteiger partial charge in [0.25, 0.3) is 0 Å². The van der Waals surface area contributed by atoms with E-state index in [0.29, 0.717) is 5.56 Å². The Labute approximate surface area is 124 Å². The molecule has 1 aromatic carbocycles. The molecule has 22 heavy (non-hydrogen) atoms. The molecule has 3 N–H and O–H groups in total. The minimum absolute atomic E-state index is 0.0436. The van der Waals surface area contributed by atoms with Gasteiger partial charge in [-0.2, -0.15) is 0 Å². The maximum atomic E-state index is 12.7. The second kappa shape index (κ2) is 5.08. The van der Waals surface area contributed by atoms with Gasteiger partial charge in [-0.3, -0.25) is 9.59 Å². The predicted octanol–water partition coefficient (Wildman–Crippen LogP) is 1.05. The zero-order valence-electron chi connectivity index (χ0n) is 11.7. The molecule has 6 heteroatoms. The molecule has 0 bridgehead atoms. The molecule has 0 fully saturated rings. The first kappa shape index (κ1) is 14.5. The number of hydrogen-bond acceptors (Lipinski definition) is 6. The van der Waals surface area contributed by atoms with Gasteiger partial charge in [-0.25, -0.2) is 0 Å². The summed E-state index contributed by atoms with van der Waals surface area (Å²) in [5.41, 5.74) is 0.0103. The third-order valence-electron chi connectivity index (χ3n) is 3.82. The molecule has 0 saturated heterocycles. The van der Waals surface area contributed by atoms with Gasteiger partial charge >= 0.3 is 0 Å². The molecule has 0 spiro atoms. The monoisotopic (exact) mass is 302 g/mol. The summed E-state index contributed by atoms with van der Waals surface area (Å²) >= 11 is 0. The van der Waals surface area contributed by atoms with E-state index in [4.69, 9.17) is 9.52 Å². The molecule has 1 heterocycles. The number of fused-ring (bicyclic) bond motifs is 2. The van der Waals surface area contributed by atoms with Crippen LogP contribution in [0.1, 0.15) is 29.7 Å². The van der Waals surface area contributed by atoms with Crippen LogP contribution in [-0.4, -0.2) is 27.2 Å². The van der Waals surface area contributed by atoms with Crippen molar-refractivity contribution in [3.05, 3.63) is 45.3 Å². The summed E-state index contributed by atoms with van der Waals surface area (Å²) in [6.45, 7) is 0.976. The molecule has 0 radical (unpaired) electrons. The standard InChI is InChI=1S/C16H14O6/c1-7(18)13-9(19)2-3-11-15(13)16(21)14-10(20)4-8(6-17)5-12(14)22-11/h2-5,9,13,17,19-20H,6H2,1H3. The van der Waals surface area contributed by atoms with Crippen LogP contribution in [0.15, 0.2) is 27.4 Å². The summed E-state index contributed by atoms with van der Waals surface area (Å²) in [6.07, 6.45) is 1.71. The number of hydrogen-bond donors (Lipinski definition) is 3. The predicted molar refractivity (Wildman–Crippen MR) is 78.5 cm³/mol. The minimum Gasteiger partial charge on any atom is -0.507 e. The van der Waals surface area contributed by atoms with E-state index < -0.39 is 17.5 Å². The molecule has 6 nitrogen and oxygen atoms in total. The van der Waals surface area contributed by atoms with E-state index in [-0.39, 0.29) is 40.4 Å². The molecule has 1 aromatic heterocycles. The summed E-state index contributed by atoms with van der Waals surface area (Å²) in [5.74, 6) is -1.53. The highest BCUT2D eigenvalue weighted by Gasteiger charge is 2.33. The fourth-order valence-electron chi connectivity index (χ4n) is 2.81. The van der Waals surface area contributed by atoms with Crippen molar-refractivity contribution in [2.75, 3.05) is 0 Å². The SMILES string of the molecule is CC(=O)C1c2c(oc3cc(CO)cc(O)c3c2=O)C=CC1O. The van der Waals surface area contributed by atoms with Crippen LogP contribution < -0.4 is 5.43 Å². The lowest BCUT2D eigenvalue weighted by molar-refractivity contribution is -0.120. The Morgan fingerprint density at radius 1 is 1.36 bits per heavy atom. The van der Waals surface area contributed by atoms with E-state index in [9.17, 15) is 19.8 Å². The normalized spacial score (nSPS) is 20.1. The van der Waals surface area contributed by atoms with Gasteiger partial charge in [-0.15, -0.1) is 0 Å². The Morgan fingerprint density at radius 2 is 2.09 bits per heavy atom. The van der Waals surface area contributed by atoms with Gasteiger partial charge in [0.1, 0.15) is 28.3 Å². The fourth-order valence-corrected chi connectivity index (χ4v) is 2.81. The van der Waals surface area contributed by atoms with Crippen LogP contribution in [0.5, 0.6) is 5.75 Å². The fraction of sp³-hybridized carbons (Fsp3) is 0.250. The smallest absolute Gasteiger partial charge is 0.201 e. The van der Waals surface area contributed by atoms with Crippen LogP contribution in [0.4, 0.5) is 0 Å². The molecule has 2 atom stereocenters. The van der Waals surface area contributed by atoms with Crippen molar-refractivity contribution in [3.8, 4) is 5.75 Å². The van der Waals surface area contributed by atoms with Crippen molar-refractivity contribution in [1.29, 1.82) is 0 Å².